The third-order valence-corrected chi connectivity index (χ3v) is 5.02. The van der Waals surface area contributed by atoms with Gasteiger partial charge in [0.1, 0.15) is 17.0 Å². The maximum atomic E-state index is 12.2. The average Bonchev–Trinajstić information content (AvgIpc) is 3.25. The minimum atomic E-state index is -0.204. The number of ether oxygens (including phenoxy) is 1. The number of nitrogens with zero attached hydrogens (tertiary/aromatic N) is 2. The van der Waals surface area contributed by atoms with Crippen LogP contribution in [0.25, 0.3) is 11.2 Å². The number of H-pyrrole nitrogens is 1. The molecular formula is C21H22N4O3. The van der Waals surface area contributed by atoms with E-state index in [4.69, 9.17) is 4.74 Å². The van der Waals surface area contributed by atoms with Gasteiger partial charge in [0.05, 0.1) is 11.8 Å². The van der Waals surface area contributed by atoms with Gasteiger partial charge in [-0.15, -0.1) is 0 Å². The lowest BCUT2D eigenvalue weighted by Crippen LogP contribution is -2.22. The van der Waals surface area contributed by atoms with Crippen LogP contribution in [0.2, 0.25) is 0 Å². The third-order valence-electron chi connectivity index (χ3n) is 5.02. The molecule has 4 rings (SSSR count). The van der Waals surface area contributed by atoms with Crippen molar-refractivity contribution in [3.8, 4) is 11.6 Å². The highest BCUT2D eigenvalue weighted by molar-refractivity contribution is 6.04. The van der Waals surface area contributed by atoms with Gasteiger partial charge in [-0.2, -0.15) is 0 Å². The number of aromatic nitrogens is 3. The highest BCUT2D eigenvalue weighted by Crippen LogP contribution is 2.38. The summed E-state index contributed by atoms with van der Waals surface area (Å²) in [5.41, 5.74) is 3.88. The van der Waals surface area contributed by atoms with E-state index in [9.17, 15) is 9.59 Å². The summed E-state index contributed by atoms with van der Waals surface area (Å²) in [7, 11) is 0. The number of Topliss-reactive ketones (excluding diaryl/α,β-unsaturated/α-hetero) is 1. The van der Waals surface area contributed by atoms with Gasteiger partial charge < -0.3 is 19.8 Å². The van der Waals surface area contributed by atoms with Crippen LogP contribution < -0.4 is 10.1 Å². The van der Waals surface area contributed by atoms with Crippen molar-refractivity contribution in [2.24, 2.45) is 0 Å². The number of nitrogens with one attached hydrogen (secondary N) is 2. The number of aryl methyl sites for hydroxylation is 1. The van der Waals surface area contributed by atoms with E-state index in [0.29, 0.717) is 41.3 Å². The Morgan fingerprint density at radius 3 is 3.00 bits per heavy atom. The number of benzene rings is 1. The predicted molar refractivity (Wildman–Crippen MR) is 105 cm³/mol. The van der Waals surface area contributed by atoms with Gasteiger partial charge in [0.15, 0.2) is 5.65 Å². The van der Waals surface area contributed by atoms with Crippen molar-refractivity contribution in [1.29, 1.82) is 0 Å². The molecule has 0 bridgehead atoms. The fourth-order valence-electron chi connectivity index (χ4n) is 3.76. The summed E-state index contributed by atoms with van der Waals surface area (Å²) in [6.45, 7) is 4.03. The summed E-state index contributed by atoms with van der Waals surface area (Å²) in [6, 6.07) is 5.94. The highest BCUT2D eigenvalue weighted by atomic mass is 16.5. The topological polar surface area (TPSA) is 97.0 Å². The molecule has 144 valence electrons. The molecule has 0 spiro atoms. The summed E-state index contributed by atoms with van der Waals surface area (Å²) in [4.78, 5) is 35.4. The van der Waals surface area contributed by atoms with Crippen LogP contribution in [0.1, 0.15) is 54.1 Å². The predicted octanol–water partition coefficient (Wildman–Crippen LogP) is 3.51. The molecule has 0 saturated heterocycles. The maximum absolute atomic E-state index is 12.2. The fourth-order valence-corrected chi connectivity index (χ4v) is 3.76. The van der Waals surface area contributed by atoms with Crippen molar-refractivity contribution >= 4 is 22.9 Å². The molecule has 1 atom stereocenters. The molecule has 2 heterocycles. The van der Waals surface area contributed by atoms with E-state index in [1.165, 1.54) is 17.3 Å². The van der Waals surface area contributed by atoms with Crippen molar-refractivity contribution in [2.75, 3.05) is 6.54 Å². The van der Waals surface area contributed by atoms with Gasteiger partial charge in [-0.3, -0.25) is 4.79 Å². The Balaban J connectivity index is 1.61. The molecule has 0 unspecified atom stereocenters. The van der Waals surface area contributed by atoms with Gasteiger partial charge in [0, 0.05) is 19.2 Å². The number of fused-ring (bicyclic) bond motifs is 2. The Morgan fingerprint density at radius 1 is 1.36 bits per heavy atom. The van der Waals surface area contributed by atoms with Gasteiger partial charge in [0.25, 0.3) is 5.91 Å². The van der Waals surface area contributed by atoms with E-state index in [0.717, 1.165) is 12.8 Å². The first-order chi connectivity index (χ1) is 13.5. The van der Waals surface area contributed by atoms with Gasteiger partial charge in [-0.05, 0) is 55.9 Å². The Morgan fingerprint density at radius 2 is 2.21 bits per heavy atom. The van der Waals surface area contributed by atoms with E-state index in [1.54, 1.807) is 13.1 Å². The summed E-state index contributed by atoms with van der Waals surface area (Å²) < 4.78 is 5.93. The van der Waals surface area contributed by atoms with Crippen molar-refractivity contribution in [3.63, 3.8) is 0 Å². The lowest BCUT2D eigenvalue weighted by atomic mass is 9.96. The van der Waals surface area contributed by atoms with Crippen LogP contribution in [0.4, 0.5) is 0 Å². The molecule has 1 amide bonds. The van der Waals surface area contributed by atoms with Crippen molar-refractivity contribution in [3.05, 3.63) is 47.3 Å². The quantitative estimate of drug-likeness (QED) is 0.684. The minimum Gasteiger partial charge on any atom is -0.437 e. The van der Waals surface area contributed by atoms with Gasteiger partial charge >= 0.3 is 0 Å². The number of amides is 1. The van der Waals surface area contributed by atoms with Crippen LogP contribution in [0.3, 0.4) is 0 Å². The zero-order valence-electron chi connectivity index (χ0n) is 15.9. The Kier molecular flexibility index (Phi) is 4.81. The molecular weight excluding hydrogens is 356 g/mol. The van der Waals surface area contributed by atoms with E-state index in [2.05, 4.69) is 20.3 Å². The largest absolute Gasteiger partial charge is 0.437 e. The van der Waals surface area contributed by atoms with Crippen LogP contribution >= 0.6 is 0 Å². The molecule has 28 heavy (non-hydrogen) atoms. The first-order valence-corrected chi connectivity index (χ1v) is 9.47. The van der Waals surface area contributed by atoms with E-state index < -0.39 is 0 Å². The summed E-state index contributed by atoms with van der Waals surface area (Å²) >= 11 is 0. The average molecular weight is 378 g/mol. The Labute approximate surface area is 162 Å². The van der Waals surface area contributed by atoms with Crippen LogP contribution in [0, 0.1) is 0 Å². The number of hydrogen-bond donors (Lipinski definition) is 2. The standard InChI is InChI=1S/C21H22N4O3/c1-3-22-21(27)17-10-23-20-19(17)25-18(11-24-20)28-15-7-6-13-4-5-14(8-12(2)26)16(13)9-15/h6-7,9-11,14H,3-5,8H2,1-2H3,(H,22,27)(H,23,24)/t14-/m0/s1. The fraction of sp³-hybridized carbons (Fsp3) is 0.333. The Hall–Kier alpha value is -3.22. The first-order valence-electron chi connectivity index (χ1n) is 9.47. The molecule has 1 aromatic carbocycles. The summed E-state index contributed by atoms with van der Waals surface area (Å²) in [5.74, 6) is 1.21. The molecule has 1 aliphatic carbocycles. The van der Waals surface area contributed by atoms with Crippen LogP contribution in [0.5, 0.6) is 11.6 Å². The molecule has 0 radical (unpaired) electrons. The van der Waals surface area contributed by atoms with Gasteiger partial charge in [0.2, 0.25) is 5.88 Å². The Bertz CT molecular complexity index is 1060. The SMILES string of the molecule is CCNC(=O)c1c[nH]c2ncc(Oc3ccc4c(c3)[C@H](CC(C)=O)CC4)nc12. The second kappa shape index (κ2) is 7.42. The van der Waals surface area contributed by atoms with Gasteiger partial charge in [-0.1, -0.05) is 6.07 Å². The zero-order valence-corrected chi connectivity index (χ0v) is 15.9. The molecule has 0 saturated carbocycles. The van der Waals surface area contributed by atoms with Crippen LogP contribution in [0.15, 0.2) is 30.6 Å². The van der Waals surface area contributed by atoms with E-state index in [1.807, 2.05) is 25.1 Å². The van der Waals surface area contributed by atoms with Gasteiger partial charge in [-0.25, -0.2) is 9.97 Å². The first kappa shape index (κ1) is 18.2. The molecule has 0 fully saturated rings. The molecule has 2 N–H and O–H groups in total. The number of carbonyl (C=O) groups excluding carboxylic acids is 2. The van der Waals surface area contributed by atoms with Crippen LogP contribution in [-0.4, -0.2) is 33.2 Å². The number of hydrogen-bond acceptors (Lipinski definition) is 5. The lowest BCUT2D eigenvalue weighted by molar-refractivity contribution is -0.117. The summed E-state index contributed by atoms with van der Waals surface area (Å²) in [6.07, 6.45) is 5.66. The number of carbonyl (C=O) groups is 2. The van der Waals surface area contributed by atoms with Crippen molar-refractivity contribution in [2.45, 2.75) is 39.0 Å². The molecule has 7 nitrogen and oxygen atoms in total. The number of ketones is 1. The molecule has 7 heteroatoms. The van der Waals surface area contributed by atoms with Crippen molar-refractivity contribution < 1.29 is 14.3 Å². The highest BCUT2D eigenvalue weighted by Gasteiger charge is 2.24. The normalized spacial score (nSPS) is 15.4. The third kappa shape index (κ3) is 3.47. The monoisotopic (exact) mass is 378 g/mol. The smallest absolute Gasteiger partial charge is 0.255 e. The van der Waals surface area contributed by atoms with E-state index in [-0.39, 0.29) is 17.6 Å². The van der Waals surface area contributed by atoms with E-state index >= 15 is 0 Å². The maximum Gasteiger partial charge on any atom is 0.255 e. The minimum absolute atomic E-state index is 0.200. The lowest BCUT2D eigenvalue weighted by Gasteiger charge is -2.11. The molecule has 1 aliphatic rings. The number of rotatable bonds is 6. The zero-order chi connectivity index (χ0) is 19.7. The molecule has 3 aromatic rings. The second-order valence-electron chi connectivity index (χ2n) is 7.07. The van der Waals surface area contributed by atoms with Crippen molar-refractivity contribution in [1.82, 2.24) is 20.3 Å². The summed E-state index contributed by atoms with van der Waals surface area (Å²) in [5, 5.41) is 2.76. The molecule has 0 aliphatic heterocycles. The van der Waals surface area contributed by atoms with Crippen LogP contribution in [-0.2, 0) is 11.2 Å². The molecule has 2 aromatic heterocycles. The number of aromatic amines is 1. The second-order valence-corrected chi connectivity index (χ2v) is 7.07.